The number of aliphatic hydroxyl groups excluding tert-OH is 1. The second kappa shape index (κ2) is 17.1. The fraction of sp³-hybridized carbons (Fsp3) is 0.449. The van der Waals surface area contributed by atoms with Crippen LogP contribution in [0.25, 0.3) is 0 Å². The first-order chi connectivity index (χ1) is 28.7. The van der Waals surface area contributed by atoms with Crippen LogP contribution in [0, 0.1) is 17.8 Å². The Kier molecular flexibility index (Phi) is 12.2. The number of carbonyl (C=O) groups excluding carboxylic acids is 1. The first-order valence-corrected chi connectivity index (χ1v) is 25.5. The van der Waals surface area contributed by atoms with Crippen molar-refractivity contribution in [2.75, 3.05) is 31.2 Å². The zero-order chi connectivity index (χ0) is 42.3. The molecule has 4 aromatic carbocycles. The van der Waals surface area contributed by atoms with E-state index in [-0.39, 0.29) is 46.8 Å². The number of carbonyl (C=O) groups is 1. The lowest BCUT2D eigenvalue weighted by molar-refractivity contribution is 0.0455. The van der Waals surface area contributed by atoms with Crippen LogP contribution in [0.2, 0.25) is 10.1 Å². The van der Waals surface area contributed by atoms with Gasteiger partial charge in [-0.3, -0.25) is 4.79 Å². The number of hydrogen-bond acceptors (Lipinski definition) is 7. The lowest BCUT2D eigenvalue weighted by Crippen LogP contribution is -2.66. The van der Waals surface area contributed by atoms with Crippen LogP contribution in [-0.4, -0.2) is 65.4 Å². The maximum Gasteiger partial charge on any atom is 0.264 e. The fourth-order valence-corrected chi connectivity index (χ4v) is 17.1. The van der Waals surface area contributed by atoms with Gasteiger partial charge < -0.3 is 19.2 Å². The van der Waals surface area contributed by atoms with Crippen LogP contribution in [0.3, 0.4) is 0 Å². The molecule has 6 atom stereocenters. The highest BCUT2D eigenvalue weighted by Gasteiger charge is 2.50. The van der Waals surface area contributed by atoms with E-state index in [1.54, 1.807) is 12.1 Å². The van der Waals surface area contributed by atoms with Crippen LogP contribution in [0.5, 0.6) is 5.75 Å². The molecular formula is C49H59ClN2O6SSi. The minimum atomic E-state index is -4.22. The van der Waals surface area contributed by atoms with Crippen LogP contribution in [-0.2, 0) is 26.3 Å². The highest BCUT2D eigenvalue weighted by atomic mass is 35.5. The molecule has 0 aromatic heterocycles. The predicted octanol–water partition coefficient (Wildman–Crippen LogP) is 8.19. The number of aliphatic hydroxyl groups is 1. The van der Waals surface area contributed by atoms with Gasteiger partial charge in [0.15, 0.2) is 0 Å². The topological polar surface area (TPSA) is 105 Å². The van der Waals surface area contributed by atoms with E-state index < -0.39 is 35.6 Å². The molecular weight excluding hydrogens is 808 g/mol. The number of ether oxygens (including phenoxy) is 1. The van der Waals surface area contributed by atoms with Gasteiger partial charge in [-0.25, -0.2) is 13.1 Å². The third-order valence-electron chi connectivity index (χ3n) is 13.9. The number of nitrogens with one attached hydrogen (secondary N) is 1. The van der Waals surface area contributed by atoms with Gasteiger partial charge in [0.2, 0.25) is 10.0 Å². The number of halogens is 1. The van der Waals surface area contributed by atoms with Crippen LogP contribution in [0.15, 0.2) is 109 Å². The molecule has 4 aliphatic rings. The number of anilines is 1. The Morgan fingerprint density at radius 3 is 2.37 bits per heavy atom. The zero-order valence-electron chi connectivity index (χ0n) is 35.3. The van der Waals surface area contributed by atoms with Crippen molar-refractivity contribution < 1.29 is 27.5 Å². The summed E-state index contributed by atoms with van der Waals surface area (Å²) in [5.41, 5.74) is 3.20. The first-order valence-electron chi connectivity index (χ1n) is 21.7. The van der Waals surface area contributed by atoms with Crippen molar-refractivity contribution in [3.63, 3.8) is 0 Å². The quantitative estimate of drug-likeness (QED) is 0.149. The number of benzene rings is 4. The van der Waals surface area contributed by atoms with Crippen LogP contribution in [0.4, 0.5) is 5.69 Å². The number of aryl methyl sites for hydroxylation is 1. The summed E-state index contributed by atoms with van der Waals surface area (Å²) in [5, 5.41) is 13.3. The van der Waals surface area contributed by atoms with Gasteiger partial charge in [-0.1, -0.05) is 118 Å². The van der Waals surface area contributed by atoms with Gasteiger partial charge >= 0.3 is 0 Å². The molecule has 0 unspecified atom stereocenters. The molecule has 2 aliphatic heterocycles. The lowest BCUT2D eigenvalue weighted by atomic mass is 9.68. The summed E-state index contributed by atoms with van der Waals surface area (Å²) in [4.78, 5) is 16.5. The monoisotopic (exact) mass is 866 g/mol. The average molecular weight is 868 g/mol. The van der Waals surface area contributed by atoms with E-state index in [2.05, 4.69) is 66.8 Å². The molecule has 0 radical (unpaired) electrons. The Hall–Kier alpha value is -3.93. The van der Waals surface area contributed by atoms with Gasteiger partial charge in [-0.15, -0.1) is 0 Å². The van der Waals surface area contributed by atoms with E-state index in [1.165, 1.54) is 11.1 Å². The van der Waals surface area contributed by atoms with Crippen LogP contribution in [0.1, 0.15) is 87.7 Å². The normalized spacial score (nSPS) is 27.3. The SMILES string of the molecule is C[C@H]1C/C=C/[C@H](O)[C@@H]2CC[C@H]2CN2C[C@@]3(CCCc4cc(Cl)ccc43)COc3ccc(cc32)C(=O)NS(=O)(=O)[C@@H]1CCO[Si](c1ccccc1)(c1ccccc1)C(C)(C)C. The van der Waals surface area contributed by atoms with Gasteiger partial charge in [0.05, 0.1) is 23.6 Å². The summed E-state index contributed by atoms with van der Waals surface area (Å²) in [6.07, 6.45) is 8.54. The molecule has 2 N–H and O–H groups in total. The molecule has 318 valence electrons. The Morgan fingerprint density at radius 2 is 1.70 bits per heavy atom. The molecule has 1 amide bonds. The highest BCUT2D eigenvalue weighted by molar-refractivity contribution is 7.90. The number of amides is 1. The van der Waals surface area contributed by atoms with Crippen LogP contribution < -0.4 is 24.7 Å². The van der Waals surface area contributed by atoms with E-state index in [4.69, 9.17) is 20.8 Å². The van der Waals surface area contributed by atoms with E-state index in [0.717, 1.165) is 53.2 Å². The first kappa shape index (κ1) is 42.7. The molecule has 60 heavy (non-hydrogen) atoms. The zero-order valence-corrected chi connectivity index (χ0v) is 37.9. The number of hydrogen-bond donors (Lipinski definition) is 2. The Balaban J connectivity index is 1.12. The fourth-order valence-electron chi connectivity index (χ4n) is 10.6. The minimum Gasteiger partial charge on any atom is -0.490 e. The molecule has 8 nitrogen and oxygen atoms in total. The van der Waals surface area contributed by atoms with Crippen molar-refractivity contribution in [3.05, 3.63) is 131 Å². The standard InChI is InChI=1S/C49H59ClN2O6SSi/c1-34-13-11-19-44(53)41-23-20-37(41)31-52-32-49(27-12-14-35-29-38(50)22-24-42(35)49)33-57-45-25-21-36(30-43(45)52)47(54)51-59(55,56)46(34)26-28-58-60(48(2,3)4,39-15-7-5-8-16-39)40-17-9-6-10-18-40/h5-11,15-19,21-22,24-25,29-30,34,37,41,44,46,53H,12-14,20,23,26-28,31-33H2,1-4H3,(H,51,54)/b19-11+/t34-,37-,41+,44-,46+,49-/m0/s1. The average Bonchev–Trinajstić information content (AvgIpc) is 3.35. The number of allylic oxidation sites excluding steroid dienone is 1. The van der Waals surface area contributed by atoms with Gasteiger partial charge in [0, 0.05) is 35.7 Å². The maximum atomic E-state index is 14.6. The lowest BCUT2D eigenvalue weighted by Gasteiger charge is -2.45. The van der Waals surface area contributed by atoms with Crippen molar-refractivity contribution in [3.8, 4) is 5.75 Å². The molecule has 2 heterocycles. The molecule has 1 saturated carbocycles. The summed E-state index contributed by atoms with van der Waals surface area (Å²) in [5.74, 6) is -0.0883. The molecule has 0 saturated heterocycles. The van der Waals surface area contributed by atoms with E-state index >= 15 is 0 Å². The predicted molar refractivity (Wildman–Crippen MR) is 244 cm³/mol. The molecule has 1 fully saturated rings. The maximum absolute atomic E-state index is 14.6. The summed E-state index contributed by atoms with van der Waals surface area (Å²) in [6, 6.07) is 32.1. The summed E-state index contributed by atoms with van der Waals surface area (Å²) >= 11 is 6.48. The molecule has 2 bridgehead atoms. The van der Waals surface area contributed by atoms with Crippen LogP contribution >= 0.6 is 11.6 Å². The minimum absolute atomic E-state index is 0.0661. The molecule has 8 rings (SSSR count). The van der Waals surface area contributed by atoms with E-state index in [0.29, 0.717) is 31.9 Å². The molecule has 11 heteroatoms. The molecule has 2 aliphatic carbocycles. The largest absolute Gasteiger partial charge is 0.490 e. The number of nitrogens with zero attached hydrogens (tertiary/aromatic N) is 1. The molecule has 4 aromatic rings. The Bertz CT molecular complexity index is 2280. The van der Waals surface area contributed by atoms with E-state index in [1.807, 2.05) is 67.6 Å². The van der Waals surface area contributed by atoms with Gasteiger partial charge in [0.25, 0.3) is 14.2 Å². The second-order valence-corrected chi connectivity index (χ2v) is 25.4. The Morgan fingerprint density at radius 1 is 0.983 bits per heavy atom. The third-order valence-corrected chi connectivity index (χ3v) is 21.2. The van der Waals surface area contributed by atoms with Gasteiger partial charge in [-0.05, 0) is 120 Å². The van der Waals surface area contributed by atoms with Crippen molar-refractivity contribution in [1.29, 1.82) is 0 Å². The Labute approximate surface area is 362 Å². The third kappa shape index (κ3) is 8.22. The van der Waals surface area contributed by atoms with Gasteiger partial charge in [-0.2, -0.15) is 0 Å². The van der Waals surface area contributed by atoms with Crippen molar-refractivity contribution in [2.45, 2.75) is 94.4 Å². The number of fused-ring (bicyclic) bond motifs is 4. The molecule has 1 spiro atoms. The highest BCUT2D eigenvalue weighted by Crippen LogP contribution is 2.47. The summed E-state index contributed by atoms with van der Waals surface area (Å²) in [7, 11) is -7.17. The smallest absolute Gasteiger partial charge is 0.264 e. The van der Waals surface area contributed by atoms with Gasteiger partial charge in [0.1, 0.15) is 5.75 Å². The van der Waals surface area contributed by atoms with Crippen molar-refractivity contribution >= 4 is 51.9 Å². The number of sulfonamides is 1. The number of rotatable bonds is 6. The second-order valence-electron chi connectivity index (χ2n) is 18.7. The van der Waals surface area contributed by atoms with E-state index in [9.17, 15) is 18.3 Å². The van der Waals surface area contributed by atoms with Crippen molar-refractivity contribution in [2.24, 2.45) is 17.8 Å². The van der Waals surface area contributed by atoms with Crippen molar-refractivity contribution in [1.82, 2.24) is 4.72 Å². The summed E-state index contributed by atoms with van der Waals surface area (Å²) in [6.45, 7) is 10.5. The summed E-state index contributed by atoms with van der Waals surface area (Å²) < 4.78 is 45.5.